The van der Waals surface area contributed by atoms with Crippen molar-refractivity contribution in [3.8, 4) is 0 Å². The normalized spacial score (nSPS) is 12.7. The van der Waals surface area contributed by atoms with Crippen LogP contribution in [-0.2, 0) is 7.05 Å². The fraction of sp³-hybridized carbons (Fsp3) is 0.200. The number of halogens is 3. The Morgan fingerprint density at radius 3 is 2.72 bits per heavy atom. The van der Waals surface area contributed by atoms with Crippen LogP contribution in [0.2, 0.25) is 5.02 Å². The molecule has 1 aromatic heterocycles. The molecule has 2 rings (SSSR count). The molecule has 2 aromatic rings. The van der Waals surface area contributed by atoms with E-state index < -0.39 is 0 Å². The molecule has 1 aromatic carbocycles. The highest BCUT2D eigenvalue weighted by atomic mass is 79.9. The van der Waals surface area contributed by atoms with Crippen LogP contribution in [0.25, 0.3) is 0 Å². The van der Waals surface area contributed by atoms with E-state index in [-0.39, 0.29) is 6.04 Å². The third kappa shape index (κ3) is 2.46. The zero-order chi connectivity index (χ0) is 13.3. The minimum atomic E-state index is -0.302. The second kappa shape index (κ2) is 5.66. The number of nitrogens with one attached hydrogen (secondary N) is 1. The predicted octanol–water partition coefficient (Wildman–Crippen LogP) is 2.55. The van der Waals surface area contributed by atoms with E-state index in [1.54, 1.807) is 11.7 Å². The Balaban J connectivity index is 2.56. The second-order valence-electron chi connectivity index (χ2n) is 3.63. The summed E-state index contributed by atoms with van der Waals surface area (Å²) in [5.41, 5.74) is 4.38. The van der Waals surface area contributed by atoms with Crippen molar-refractivity contribution in [2.75, 3.05) is 0 Å². The first-order chi connectivity index (χ1) is 8.56. The number of nitrogens with zero attached hydrogens (tertiary/aromatic N) is 3. The van der Waals surface area contributed by atoms with E-state index in [0.717, 1.165) is 15.7 Å². The summed E-state index contributed by atoms with van der Waals surface area (Å²) in [6, 6.07) is 5.37. The number of hydrogen-bond donors (Lipinski definition) is 2. The van der Waals surface area contributed by atoms with E-state index >= 15 is 0 Å². The maximum Gasteiger partial charge on any atom is 0.153 e. The van der Waals surface area contributed by atoms with Crippen LogP contribution >= 0.6 is 43.5 Å². The zero-order valence-electron chi connectivity index (χ0n) is 9.36. The molecule has 0 aliphatic heterocycles. The van der Waals surface area contributed by atoms with Crippen molar-refractivity contribution in [1.29, 1.82) is 0 Å². The topological polar surface area (TPSA) is 68.8 Å². The van der Waals surface area contributed by atoms with Gasteiger partial charge < -0.3 is 0 Å². The number of aryl methyl sites for hydroxylation is 1. The lowest BCUT2D eigenvalue weighted by Gasteiger charge is -2.18. The van der Waals surface area contributed by atoms with Crippen molar-refractivity contribution in [3.05, 3.63) is 43.6 Å². The van der Waals surface area contributed by atoms with Gasteiger partial charge >= 0.3 is 0 Å². The number of benzene rings is 1. The van der Waals surface area contributed by atoms with Crippen molar-refractivity contribution in [2.45, 2.75) is 6.04 Å². The average molecular weight is 395 g/mol. The lowest BCUT2D eigenvalue weighted by atomic mass is 10.0. The minimum Gasteiger partial charge on any atom is -0.271 e. The molecule has 96 valence electrons. The molecule has 0 saturated carbocycles. The van der Waals surface area contributed by atoms with Gasteiger partial charge in [0.05, 0.1) is 16.8 Å². The molecule has 0 amide bonds. The van der Waals surface area contributed by atoms with Gasteiger partial charge in [-0.2, -0.15) is 0 Å². The van der Waals surface area contributed by atoms with Crippen LogP contribution in [0.5, 0.6) is 0 Å². The molecule has 8 heteroatoms. The zero-order valence-corrected chi connectivity index (χ0v) is 13.3. The highest BCUT2D eigenvalue weighted by molar-refractivity contribution is 9.10. The van der Waals surface area contributed by atoms with E-state index in [2.05, 4.69) is 47.6 Å². The van der Waals surface area contributed by atoms with Crippen LogP contribution in [0.15, 0.2) is 27.3 Å². The summed E-state index contributed by atoms with van der Waals surface area (Å²) in [5, 5.41) is 8.48. The molecule has 0 fully saturated rings. The van der Waals surface area contributed by atoms with Crippen LogP contribution in [-0.4, -0.2) is 15.0 Å². The van der Waals surface area contributed by atoms with Gasteiger partial charge in [-0.3, -0.25) is 5.84 Å². The lowest BCUT2D eigenvalue weighted by molar-refractivity contribution is 0.569. The minimum absolute atomic E-state index is 0.302. The number of hydrogen-bond acceptors (Lipinski definition) is 4. The predicted molar refractivity (Wildman–Crippen MR) is 77.0 cm³/mol. The van der Waals surface area contributed by atoms with Crippen LogP contribution in [0.1, 0.15) is 17.3 Å². The molecular weight excluding hydrogens is 385 g/mol. The molecule has 1 atom stereocenters. The average Bonchev–Trinajstić information content (AvgIpc) is 2.67. The number of rotatable bonds is 3. The van der Waals surface area contributed by atoms with Gasteiger partial charge in [0, 0.05) is 11.5 Å². The van der Waals surface area contributed by atoms with Gasteiger partial charge in [-0.25, -0.2) is 10.1 Å². The van der Waals surface area contributed by atoms with Crippen molar-refractivity contribution >= 4 is 43.5 Å². The van der Waals surface area contributed by atoms with Crippen LogP contribution in [0.4, 0.5) is 0 Å². The number of nitrogens with two attached hydrogens (primary N) is 1. The molecule has 0 saturated heterocycles. The van der Waals surface area contributed by atoms with Crippen molar-refractivity contribution < 1.29 is 0 Å². The monoisotopic (exact) mass is 393 g/mol. The third-order valence-corrected chi connectivity index (χ3v) is 4.44. The van der Waals surface area contributed by atoms with Gasteiger partial charge in [0.1, 0.15) is 0 Å². The smallest absolute Gasteiger partial charge is 0.153 e. The Labute approximate surface area is 126 Å². The van der Waals surface area contributed by atoms with Gasteiger partial charge in [0.2, 0.25) is 0 Å². The highest BCUT2D eigenvalue weighted by Crippen LogP contribution is 2.34. The summed E-state index contributed by atoms with van der Waals surface area (Å²) < 4.78 is 3.09. The van der Waals surface area contributed by atoms with E-state index in [0.29, 0.717) is 9.63 Å². The molecule has 0 radical (unpaired) electrons. The Morgan fingerprint density at radius 2 is 2.17 bits per heavy atom. The summed E-state index contributed by atoms with van der Waals surface area (Å²) in [6.45, 7) is 0. The fourth-order valence-electron chi connectivity index (χ4n) is 1.70. The quantitative estimate of drug-likeness (QED) is 0.619. The molecule has 1 heterocycles. The van der Waals surface area contributed by atoms with Crippen LogP contribution in [0.3, 0.4) is 0 Å². The first-order valence-electron chi connectivity index (χ1n) is 5.01. The first kappa shape index (κ1) is 14.0. The Morgan fingerprint density at radius 1 is 1.44 bits per heavy atom. The van der Waals surface area contributed by atoms with Gasteiger partial charge in [-0.1, -0.05) is 28.9 Å². The molecular formula is C10H10Br2ClN5. The van der Waals surface area contributed by atoms with E-state index in [4.69, 9.17) is 17.4 Å². The largest absolute Gasteiger partial charge is 0.271 e. The third-order valence-electron chi connectivity index (χ3n) is 2.56. The number of aromatic nitrogens is 3. The van der Waals surface area contributed by atoms with Crippen LogP contribution < -0.4 is 11.3 Å². The van der Waals surface area contributed by atoms with E-state index in [1.807, 2.05) is 18.2 Å². The van der Waals surface area contributed by atoms with Gasteiger partial charge in [0.15, 0.2) is 4.60 Å². The first-order valence-corrected chi connectivity index (χ1v) is 6.97. The Kier molecular flexibility index (Phi) is 4.39. The highest BCUT2D eigenvalue weighted by Gasteiger charge is 2.23. The molecule has 0 bridgehead atoms. The molecule has 0 aliphatic rings. The van der Waals surface area contributed by atoms with Crippen LogP contribution in [0, 0.1) is 0 Å². The fourth-order valence-corrected chi connectivity index (χ4v) is 2.88. The lowest BCUT2D eigenvalue weighted by Crippen LogP contribution is -2.31. The number of hydrazine groups is 1. The summed E-state index contributed by atoms with van der Waals surface area (Å²) in [4.78, 5) is 0. The van der Waals surface area contributed by atoms with Crippen molar-refractivity contribution in [2.24, 2.45) is 12.9 Å². The summed E-state index contributed by atoms with van der Waals surface area (Å²) in [7, 11) is 1.79. The SMILES string of the molecule is Cn1nnc(Br)c1C(NN)c1cccc(Br)c1Cl. The summed E-state index contributed by atoms with van der Waals surface area (Å²) in [5.74, 6) is 5.64. The molecule has 0 spiro atoms. The Bertz CT molecular complexity index is 552. The standard InChI is InChI=1S/C10H10Br2ClN5/c1-18-9(10(12)16-17-18)8(15-14)5-3-2-4-6(11)7(5)13/h2-4,8,15H,14H2,1H3. The van der Waals surface area contributed by atoms with Crippen molar-refractivity contribution in [1.82, 2.24) is 20.4 Å². The van der Waals surface area contributed by atoms with E-state index in [1.165, 1.54) is 0 Å². The second-order valence-corrected chi connectivity index (χ2v) is 5.62. The maximum atomic E-state index is 6.28. The molecule has 5 nitrogen and oxygen atoms in total. The molecule has 3 N–H and O–H groups in total. The van der Waals surface area contributed by atoms with Gasteiger partial charge in [-0.05, 0) is 43.5 Å². The van der Waals surface area contributed by atoms with Gasteiger partial charge in [-0.15, -0.1) is 5.10 Å². The summed E-state index contributed by atoms with van der Waals surface area (Å²) in [6.07, 6.45) is 0. The van der Waals surface area contributed by atoms with E-state index in [9.17, 15) is 0 Å². The van der Waals surface area contributed by atoms with Gasteiger partial charge in [0.25, 0.3) is 0 Å². The van der Waals surface area contributed by atoms with Crippen molar-refractivity contribution in [3.63, 3.8) is 0 Å². The molecule has 0 aliphatic carbocycles. The molecule has 18 heavy (non-hydrogen) atoms. The molecule has 1 unspecified atom stereocenters. The Hall–Kier alpha value is -0.470. The maximum absolute atomic E-state index is 6.28. The summed E-state index contributed by atoms with van der Waals surface area (Å²) >= 11 is 13.0.